The monoisotopic (exact) mass is 442 g/mol. The number of piperidine rings is 1. The van der Waals surface area contributed by atoms with E-state index in [0.29, 0.717) is 40.9 Å². The lowest BCUT2D eigenvalue weighted by atomic mass is 10.0. The topological polar surface area (TPSA) is 75.7 Å². The van der Waals surface area contributed by atoms with Gasteiger partial charge in [0.05, 0.1) is 0 Å². The van der Waals surface area contributed by atoms with Gasteiger partial charge in [0.2, 0.25) is 10.0 Å². The molecule has 0 radical (unpaired) electrons. The lowest BCUT2D eigenvalue weighted by Gasteiger charge is -2.37. The molecule has 1 fully saturated rings. The van der Waals surface area contributed by atoms with Crippen LogP contribution in [0.25, 0.3) is 0 Å². The number of hydrogen-bond donors (Lipinski definition) is 1. The number of ether oxygens (including phenoxy) is 1. The summed E-state index contributed by atoms with van der Waals surface area (Å²) in [5.74, 6) is 0.448. The quantitative estimate of drug-likeness (QED) is 0.742. The predicted molar refractivity (Wildman–Crippen MR) is 110 cm³/mol. The van der Waals surface area contributed by atoms with Gasteiger partial charge in [-0.2, -0.15) is 0 Å². The van der Waals surface area contributed by atoms with Crippen molar-refractivity contribution in [2.45, 2.75) is 42.5 Å². The molecule has 1 aliphatic heterocycles. The number of carbonyl (C=O) groups is 1. The van der Waals surface area contributed by atoms with Crippen LogP contribution in [0.5, 0.6) is 5.75 Å². The van der Waals surface area contributed by atoms with Crippen LogP contribution < -0.4 is 9.46 Å². The number of benzene rings is 1. The van der Waals surface area contributed by atoms with E-state index in [1.807, 2.05) is 0 Å². The first kappa shape index (κ1) is 21.1. The molecule has 0 bridgehead atoms. The van der Waals surface area contributed by atoms with Crippen molar-refractivity contribution in [1.82, 2.24) is 9.62 Å². The number of carbonyl (C=O) groups excluding carboxylic acids is 1. The summed E-state index contributed by atoms with van der Waals surface area (Å²) in [5, 5.41) is 2.34. The van der Waals surface area contributed by atoms with Crippen molar-refractivity contribution in [3.05, 3.63) is 46.8 Å². The van der Waals surface area contributed by atoms with Gasteiger partial charge >= 0.3 is 0 Å². The molecular weight excluding hydrogens is 420 g/mol. The van der Waals surface area contributed by atoms with E-state index in [9.17, 15) is 13.2 Å². The summed E-state index contributed by atoms with van der Waals surface area (Å²) >= 11 is 7.07. The number of sulfonamides is 1. The van der Waals surface area contributed by atoms with Gasteiger partial charge in [-0.05, 0) is 62.4 Å². The summed E-state index contributed by atoms with van der Waals surface area (Å²) < 4.78 is 33.6. The van der Waals surface area contributed by atoms with Crippen LogP contribution in [-0.4, -0.2) is 44.0 Å². The van der Waals surface area contributed by atoms with Gasteiger partial charge in [0, 0.05) is 24.2 Å². The number of nitrogens with one attached hydrogen (secondary N) is 1. The maximum atomic E-state index is 12.9. The van der Waals surface area contributed by atoms with Crippen molar-refractivity contribution in [3.8, 4) is 5.75 Å². The minimum absolute atomic E-state index is 0.123. The van der Waals surface area contributed by atoms with E-state index in [-0.39, 0.29) is 11.9 Å². The average Bonchev–Trinajstić information content (AvgIpc) is 3.19. The number of halogens is 1. The number of hydrogen-bond acceptors (Lipinski definition) is 5. The molecule has 0 aliphatic carbocycles. The molecule has 3 rings (SSSR count). The fraction of sp³-hybridized carbons (Fsp3) is 0.421. The highest BCUT2D eigenvalue weighted by molar-refractivity contribution is 7.91. The molecule has 152 valence electrons. The highest BCUT2D eigenvalue weighted by atomic mass is 35.5. The zero-order valence-corrected chi connectivity index (χ0v) is 18.1. The molecule has 0 unspecified atom stereocenters. The van der Waals surface area contributed by atoms with Crippen molar-refractivity contribution in [2.24, 2.45) is 0 Å². The highest BCUT2D eigenvalue weighted by Crippen LogP contribution is 2.24. The molecule has 1 amide bonds. The van der Waals surface area contributed by atoms with Crippen LogP contribution in [0.3, 0.4) is 0 Å². The molecule has 2 heterocycles. The van der Waals surface area contributed by atoms with Crippen LogP contribution in [0.15, 0.2) is 46.0 Å². The summed E-state index contributed by atoms with van der Waals surface area (Å²) in [7, 11) is -3.50. The van der Waals surface area contributed by atoms with Gasteiger partial charge in [-0.25, -0.2) is 13.1 Å². The van der Waals surface area contributed by atoms with Crippen LogP contribution in [0.4, 0.5) is 0 Å². The number of amides is 1. The van der Waals surface area contributed by atoms with Crippen molar-refractivity contribution in [1.29, 1.82) is 0 Å². The van der Waals surface area contributed by atoms with Crippen LogP contribution in [0.1, 0.15) is 26.7 Å². The van der Waals surface area contributed by atoms with Crippen LogP contribution in [0, 0.1) is 0 Å². The molecule has 1 aliphatic rings. The van der Waals surface area contributed by atoms with Gasteiger partial charge in [0.15, 0.2) is 5.60 Å². The maximum absolute atomic E-state index is 12.9. The van der Waals surface area contributed by atoms with E-state index in [2.05, 4.69) is 4.72 Å². The molecule has 6 nitrogen and oxygen atoms in total. The Labute approximate surface area is 174 Å². The van der Waals surface area contributed by atoms with E-state index in [1.54, 1.807) is 60.5 Å². The maximum Gasteiger partial charge on any atom is 0.266 e. The third kappa shape index (κ3) is 5.05. The van der Waals surface area contributed by atoms with E-state index < -0.39 is 15.6 Å². The molecule has 1 N–H and O–H groups in total. The number of rotatable bonds is 6. The molecular formula is C19H23ClN2O4S2. The summed E-state index contributed by atoms with van der Waals surface area (Å²) in [6.45, 7) is 4.42. The lowest BCUT2D eigenvalue weighted by Crippen LogP contribution is -2.53. The Hall–Kier alpha value is -1.61. The van der Waals surface area contributed by atoms with E-state index in [4.69, 9.17) is 16.3 Å². The predicted octanol–water partition coefficient (Wildman–Crippen LogP) is 3.53. The molecule has 0 spiro atoms. The Bertz CT molecular complexity index is 904. The van der Waals surface area contributed by atoms with E-state index in [0.717, 1.165) is 0 Å². The molecule has 28 heavy (non-hydrogen) atoms. The summed E-state index contributed by atoms with van der Waals surface area (Å²) in [6.07, 6.45) is 1.13. The standard InChI is InChI=1S/C19H23ClN2O4S2/c1-19(2,26-16-7-5-14(20)6-8-16)18(23)22-11-9-15(10-12-22)21-28(24,25)17-4-3-13-27-17/h3-8,13,15,21H,9-12H2,1-2H3. The second-order valence-electron chi connectivity index (χ2n) is 7.19. The minimum atomic E-state index is -3.50. The van der Waals surface area contributed by atoms with Crippen LogP contribution >= 0.6 is 22.9 Å². The van der Waals surface area contributed by atoms with Crippen molar-refractivity contribution < 1.29 is 17.9 Å². The van der Waals surface area contributed by atoms with Crippen molar-refractivity contribution in [2.75, 3.05) is 13.1 Å². The number of thiophene rings is 1. The van der Waals surface area contributed by atoms with Crippen molar-refractivity contribution >= 4 is 38.9 Å². The van der Waals surface area contributed by atoms with Gasteiger partial charge in [0.25, 0.3) is 5.91 Å². The molecule has 0 atom stereocenters. The Morgan fingerprint density at radius 3 is 2.43 bits per heavy atom. The van der Waals surface area contributed by atoms with E-state index in [1.165, 1.54) is 11.3 Å². The molecule has 0 saturated carbocycles. The first-order chi connectivity index (χ1) is 13.2. The van der Waals surface area contributed by atoms with Gasteiger partial charge < -0.3 is 9.64 Å². The zero-order chi connectivity index (χ0) is 20.4. The molecule has 2 aromatic rings. The van der Waals surface area contributed by atoms with Gasteiger partial charge in [-0.3, -0.25) is 4.79 Å². The second kappa shape index (κ2) is 8.41. The van der Waals surface area contributed by atoms with Crippen LogP contribution in [-0.2, 0) is 14.8 Å². The largest absolute Gasteiger partial charge is 0.478 e. The first-order valence-corrected chi connectivity index (χ1v) is 11.7. The summed E-state index contributed by atoms with van der Waals surface area (Å²) in [4.78, 5) is 14.6. The zero-order valence-electron chi connectivity index (χ0n) is 15.7. The molecule has 1 aromatic carbocycles. The molecule has 1 saturated heterocycles. The number of likely N-dealkylation sites (tertiary alicyclic amines) is 1. The normalized spacial score (nSPS) is 16.2. The molecule has 1 aromatic heterocycles. The second-order valence-corrected chi connectivity index (χ2v) is 10.5. The summed E-state index contributed by atoms with van der Waals surface area (Å²) in [6, 6.07) is 9.99. The Balaban J connectivity index is 1.56. The van der Waals surface area contributed by atoms with Crippen LogP contribution in [0.2, 0.25) is 5.02 Å². The van der Waals surface area contributed by atoms with E-state index >= 15 is 0 Å². The SMILES string of the molecule is CC(C)(Oc1ccc(Cl)cc1)C(=O)N1CCC(NS(=O)(=O)c2cccs2)CC1. The Kier molecular flexibility index (Phi) is 6.34. The van der Waals surface area contributed by atoms with Crippen molar-refractivity contribution in [3.63, 3.8) is 0 Å². The fourth-order valence-corrected chi connectivity index (χ4v) is 5.56. The fourth-order valence-electron chi connectivity index (χ4n) is 3.12. The Morgan fingerprint density at radius 2 is 1.86 bits per heavy atom. The lowest BCUT2D eigenvalue weighted by molar-refractivity contribution is -0.146. The van der Waals surface area contributed by atoms with Gasteiger partial charge in [-0.1, -0.05) is 17.7 Å². The average molecular weight is 443 g/mol. The smallest absolute Gasteiger partial charge is 0.266 e. The third-order valence-electron chi connectivity index (χ3n) is 4.57. The summed E-state index contributed by atoms with van der Waals surface area (Å²) in [5.41, 5.74) is -1.03. The Morgan fingerprint density at radius 1 is 1.21 bits per heavy atom. The third-order valence-corrected chi connectivity index (χ3v) is 7.74. The number of nitrogens with zero attached hydrogens (tertiary/aromatic N) is 1. The highest BCUT2D eigenvalue weighted by Gasteiger charge is 2.36. The van der Waals surface area contributed by atoms with Gasteiger partial charge in [0.1, 0.15) is 9.96 Å². The minimum Gasteiger partial charge on any atom is -0.478 e. The van der Waals surface area contributed by atoms with Gasteiger partial charge in [-0.15, -0.1) is 11.3 Å². The molecule has 9 heteroatoms. The first-order valence-electron chi connectivity index (χ1n) is 8.97.